The van der Waals surface area contributed by atoms with E-state index in [1.165, 1.54) is 6.07 Å². The van der Waals surface area contributed by atoms with Gasteiger partial charge in [0.15, 0.2) is 11.7 Å². The first kappa shape index (κ1) is 29.6. The Morgan fingerprint density at radius 3 is 2.48 bits per heavy atom. The highest BCUT2D eigenvalue weighted by molar-refractivity contribution is 7.89. The average molecular weight is 638 g/mol. The number of benzene rings is 1. The van der Waals surface area contributed by atoms with E-state index in [-0.39, 0.29) is 23.5 Å². The van der Waals surface area contributed by atoms with E-state index in [9.17, 15) is 12.8 Å². The fraction of sp³-hybridized carbons (Fsp3) is 0.536. The molecule has 1 aromatic heterocycles. The van der Waals surface area contributed by atoms with Crippen LogP contribution in [0.4, 0.5) is 15.9 Å². The third-order valence-corrected chi connectivity index (χ3v) is 9.71. The number of rotatable bonds is 7. The quantitative estimate of drug-likeness (QED) is 0.463. The average Bonchev–Trinajstić information content (AvgIpc) is 3.73. The predicted octanol–water partition coefficient (Wildman–Crippen LogP) is 4.31. The molecule has 0 unspecified atom stereocenters. The maximum absolute atomic E-state index is 14.3. The first-order chi connectivity index (χ1) is 20.2. The van der Waals surface area contributed by atoms with Gasteiger partial charge in [-0.3, -0.25) is 9.80 Å². The number of likely N-dealkylation sites (tertiary alicyclic amines) is 1. The predicted molar refractivity (Wildman–Crippen MR) is 166 cm³/mol. The Balaban J connectivity index is 1.05. The van der Waals surface area contributed by atoms with Crippen LogP contribution in [0.2, 0.25) is 10.0 Å². The number of amidine groups is 2. The summed E-state index contributed by atoms with van der Waals surface area (Å²) >= 11 is 12.6. The molecule has 2 saturated heterocycles. The van der Waals surface area contributed by atoms with Gasteiger partial charge in [-0.25, -0.2) is 9.37 Å². The molecule has 1 saturated carbocycles. The second-order valence-electron chi connectivity index (χ2n) is 11.4. The lowest BCUT2D eigenvalue weighted by Crippen LogP contribution is -2.58. The van der Waals surface area contributed by atoms with Gasteiger partial charge in [0.25, 0.3) is 0 Å². The molecule has 0 spiro atoms. The lowest BCUT2D eigenvalue weighted by molar-refractivity contribution is 0.0607. The number of hydrogen-bond acceptors (Lipinski definition) is 8. The van der Waals surface area contributed by atoms with Crippen molar-refractivity contribution < 1.29 is 12.8 Å². The summed E-state index contributed by atoms with van der Waals surface area (Å²) < 4.78 is 45.6. The van der Waals surface area contributed by atoms with Crippen LogP contribution in [-0.4, -0.2) is 85.7 Å². The topological polar surface area (TPSA) is 106 Å². The molecular weight excluding hydrogens is 602 g/mol. The number of aromatic nitrogens is 1. The van der Waals surface area contributed by atoms with Gasteiger partial charge in [-0.05, 0) is 63.4 Å². The van der Waals surface area contributed by atoms with Gasteiger partial charge in [-0.1, -0.05) is 36.2 Å². The SMILES string of the molecule is CC[C@H]1CN(c2ncc(NC3=NS(=O)(=O)N=C3NC3CC3)cc2Cl)CCN1C1CCN(Cc2ccc(Cl)cc2F)CC1. The summed E-state index contributed by atoms with van der Waals surface area (Å²) in [5.41, 5.74) is 1.23. The molecule has 1 aromatic carbocycles. The van der Waals surface area contributed by atoms with E-state index in [2.05, 4.69) is 46.0 Å². The zero-order chi connectivity index (χ0) is 29.4. The molecule has 14 heteroatoms. The Morgan fingerprint density at radius 2 is 1.79 bits per heavy atom. The molecule has 2 N–H and O–H groups in total. The zero-order valence-electron chi connectivity index (χ0n) is 23.4. The van der Waals surface area contributed by atoms with Gasteiger partial charge in [0, 0.05) is 54.9 Å². The molecule has 1 atom stereocenters. The van der Waals surface area contributed by atoms with Gasteiger partial charge >= 0.3 is 10.2 Å². The summed E-state index contributed by atoms with van der Waals surface area (Å²) in [6.07, 6.45) is 6.71. The number of pyridine rings is 1. The number of anilines is 2. The van der Waals surface area contributed by atoms with Crippen molar-refractivity contribution in [3.05, 3.63) is 51.9 Å². The monoisotopic (exact) mass is 636 g/mol. The highest BCUT2D eigenvalue weighted by Crippen LogP contribution is 2.31. The Morgan fingerprint density at radius 1 is 1.02 bits per heavy atom. The second-order valence-corrected chi connectivity index (χ2v) is 13.5. The van der Waals surface area contributed by atoms with Crippen LogP contribution < -0.4 is 15.5 Å². The summed E-state index contributed by atoms with van der Waals surface area (Å²) in [6, 6.07) is 7.74. The van der Waals surface area contributed by atoms with Crippen molar-refractivity contribution >= 4 is 56.6 Å². The molecule has 6 rings (SSSR count). The third-order valence-electron chi connectivity index (χ3n) is 8.37. The molecule has 226 valence electrons. The minimum absolute atomic E-state index is 0.150. The summed E-state index contributed by atoms with van der Waals surface area (Å²) in [4.78, 5) is 11.8. The van der Waals surface area contributed by atoms with Crippen LogP contribution >= 0.6 is 23.2 Å². The van der Waals surface area contributed by atoms with E-state index in [1.54, 1.807) is 24.4 Å². The van der Waals surface area contributed by atoms with E-state index in [0.717, 1.165) is 64.8 Å². The molecule has 0 amide bonds. The van der Waals surface area contributed by atoms with Gasteiger partial charge in [0.05, 0.1) is 16.9 Å². The highest BCUT2D eigenvalue weighted by atomic mass is 35.5. The largest absolute Gasteiger partial charge is 0.367 e. The molecule has 42 heavy (non-hydrogen) atoms. The Labute approximate surface area is 256 Å². The summed E-state index contributed by atoms with van der Waals surface area (Å²) in [7, 11) is -3.90. The van der Waals surface area contributed by atoms with Crippen LogP contribution in [0.25, 0.3) is 0 Å². The van der Waals surface area contributed by atoms with Crippen LogP contribution in [0, 0.1) is 5.82 Å². The lowest BCUT2D eigenvalue weighted by atomic mass is 9.97. The van der Waals surface area contributed by atoms with E-state index in [1.807, 2.05) is 0 Å². The normalized spacial score (nSPS) is 23.5. The second kappa shape index (κ2) is 12.2. The molecule has 1 aliphatic carbocycles. The van der Waals surface area contributed by atoms with Gasteiger partial charge < -0.3 is 15.5 Å². The summed E-state index contributed by atoms with van der Waals surface area (Å²) in [5, 5.41) is 7.03. The van der Waals surface area contributed by atoms with Crippen molar-refractivity contribution in [2.45, 2.75) is 63.7 Å². The van der Waals surface area contributed by atoms with E-state index in [4.69, 9.17) is 23.2 Å². The Kier molecular flexibility index (Phi) is 8.61. The maximum Gasteiger partial charge on any atom is 0.367 e. The Bertz CT molecular complexity index is 1490. The maximum atomic E-state index is 14.3. The molecule has 4 heterocycles. The first-order valence-corrected chi connectivity index (χ1v) is 16.6. The molecule has 0 radical (unpaired) electrons. The van der Waals surface area contributed by atoms with Crippen LogP contribution in [-0.2, 0) is 16.8 Å². The molecule has 2 aromatic rings. The van der Waals surface area contributed by atoms with Crippen molar-refractivity contribution in [2.75, 3.05) is 42.9 Å². The molecule has 0 bridgehead atoms. The van der Waals surface area contributed by atoms with E-state index >= 15 is 0 Å². The van der Waals surface area contributed by atoms with Crippen LogP contribution in [0.3, 0.4) is 0 Å². The minimum atomic E-state index is -3.90. The van der Waals surface area contributed by atoms with Gasteiger partial charge in [-0.15, -0.1) is 8.80 Å². The number of piperazine rings is 1. The fourth-order valence-corrected chi connectivity index (χ4v) is 7.23. The fourth-order valence-electron chi connectivity index (χ4n) is 6.01. The zero-order valence-corrected chi connectivity index (χ0v) is 25.8. The lowest BCUT2D eigenvalue weighted by Gasteiger charge is -2.47. The number of halogens is 3. The van der Waals surface area contributed by atoms with Crippen LogP contribution in [0.5, 0.6) is 0 Å². The van der Waals surface area contributed by atoms with Crippen molar-refractivity contribution in [3.8, 4) is 0 Å². The van der Waals surface area contributed by atoms with E-state index in [0.29, 0.717) is 45.7 Å². The minimum Gasteiger partial charge on any atom is -0.364 e. The number of piperidine rings is 1. The smallest absolute Gasteiger partial charge is 0.364 e. The third kappa shape index (κ3) is 6.83. The summed E-state index contributed by atoms with van der Waals surface area (Å²) in [6.45, 7) is 7.21. The molecule has 3 fully saturated rings. The standard InChI is InChI=1S/C28H35Cl2FN8O2S/c1-2-22-17-38(11-12-39(22)23-7-9-37(10-8-23)16-18-3-4-19(29)13-25(18)31)28-24(30)14-21(15-32-28)34-27-26(33-20-5-6-20)35-42(40,41)36-27/h3-4,13-15,20,22-23H,2,5-12,16-17H2,1H3,(H,33,35)(H,34,36)/t22-/m0/s1. The molecular formula is C28H35Cl2FN8O2S. The van der Waals surface area contributed by atoms with Crippen LogP contribution in [0.1, 0.15) is 44.6 Å². The van der Waals surface area contributed by atoms with Crippen LogP contribution in [0.15, 0.2) is 39.3 Å². The van der Waals surface area contributed by atoms with Crippen molar-refractivity contribution in [1.82, 2.24) is 20.1 Å². The van der Waals surface area contributed by atoms with Crippen molar-refractivity contribution in [3.63, 3.8) is 0 Å². The van der Waals surface area contributed by atoms with Gasteiger partial charge in [0.1, 0.15) is 11.6 Å². The highest BCUT2D eigenvalue weighted by Gasteiger charge is 2.34. The van der Waals surface area contributed by atoms with Gasteiger partial charge in [0.2, 0.25) is 0 Å². The summed E-state index contributed by atoms with van der Waals surface area (Å²) in [5.74, 6) is 0.845. The molecule has 10 nitrogen and oxygen atoms in total. The number of nitrogens with zero attached hydrogens (tertiary/aromatic N) is 6. The van der Waals surface area contributed by atoms with E-state index < -0.39 is 10.2 Å². The Hall–Kier alpha value is -2.51. The van der Waals surface area contributed by atoms with Crippen molar-refractivity contribution in [1.29, 1.82) is 0 Å². The molecule has 4 aliphatic rings. The number of nitrogens with one attached hydrogen (secondary N) is 2. The first-order valence-electron chi connectivity index (χ1n) is 14.5. The number of hydrogen-bond donors (Lipinski definition) is 2. The van der Waals surface area contributed by atoms with Gasteiger partial charge in [-0.2, -0.15) is 8.42 Å². The van der Waals surface area contributed by atoms with Crippen molar-refractivity contribution in [2.24, 2.45) is 8.80 Å². The molecule has 3 aliphatic heterocycles.